The van der Waals surface area contributed by atoms with Gasteiger partial charge in [0.1, 0.15) is 11.9 Å². The molecular formula is C16H24N2O2. The fourth-order valence-electron chi connectivity index (χ4n) is 2.40. The summed E-state index contributed by atoms with van der Waals surface area (Å²) in [5.74, 6) is 0.957. The Kier molecular flexibility index (Phi) is 5.41. The number of carbonyl (C=O) groups excluding carboxylic acids is 1. The van der Waals surface area contributed by atoms with Gasteiger partial charge in [-0.15, -0.1) is 0 Å². The van der Waals surface area contributed by atoms with E-state index in [0.717, 1.165) is 31.6 Å². The van der Waals surface area contributed by atoms with Gasteiger partial charge >= 0.3 is 0 Å². The van der Waals surface area contributed by atoms with Crippen LogP contribution in [0.3, 0.4) is 0 Å². The van der Waals surface area contributed by atoms with E-state index in [9.17, 15) is 4.79 Å². The summed E-state index contributed by atoms with van der Waals surface area (Å²) in [6.45, 7) is 5.61. The first-order chi connectivity index (χ1) is 9.69. The number of hydrogen-bond donors (Lipinski definition) is 2. The molecule has 0 bridgehead atoms. The summed E-state index contributed by atoms with van der Waals surface area (Å²) in [6.07, 6.45) is 2.89. The summed E-state index contributed by atoms with van der Waals surface area (Å²) in [6, 6.07) is 7.98. The number of benzene rings is 1. The van der Waals surface area contributed by atoms with E-state index in [0.29, 0.717) is 6.54 Å². The molecule has 1 aliphatic heterocycles. The third-order valence-electron chi connectivity index (χ3n) is 3.63. The molecule has 4 heteroatoms. The molecule has 1 saturated heterocycles. The molecule has 0 spiro atoms. The van der Waals surface area contributed by atoms with Crippen LogP contribution in [0.4, 0.5) is 0 Å². The van der Waals surface area contributed by atoms with Gasteiger partial charge in [-0.2, -0.15) is 0 Å². The Balaban J connectivity index is 1.81. The minimum Gasteiger partial charge on any atom is -0.489 e. The van der Waals surface area contributed by atoms with E-state index in [-0.39, 0.29) is 18.1 Å². The topological polar surface area (TPSA) is 50.4 Å². The van der Waals surface area contributed by atoms with Gasteiger partial charge in [-0.3, -0.25) is 4.79 Å². The van der Waals surface area contributed by atoms with Crippen molar-refractivity contribution in [1.82, 2.24) is 10.6 Å². The first-order valence-electron chi connectivity index (χ1n) is 7.43. The maximum absolute atomic E-state index is 11.9. The molecule has 1 heterocycles. The van der Waals surface area contributed by atoms with Crippen molar-refractivity contribution in [1.29, 1.82) is 0 Å². The monoisotopic (exact) mass is 276 g/mol. The molecule has 1 amide bonds. The molecule has 2 unspecified atom stereocenters. The molecule has 0 saturated carbocycles. The second-order valence-electron chi connectivity index (χ2n) is 5.36. The van der Waals surface area contributed by atoms with Crippen molar-refractivity contribution < 1.29 is 9.53 Å². The van der Waals surface area contributed by atoms with Gasteiger partial charge < -0.3 is 15.4 Å². The van der Waals surface area contributed by atoms with Crippen molar-refractivity contribution in [3.63, 3.8) is 0 Å². The lowest BCUT2D eigenvalue weighted by Crippen LogP contribution is -2.44. The maximum Gasteiger partial charge on any atom is 0.237 e. The van der Waals surface area contributed by atoms with Gasteiger partial charge in [0, 0.05) is 0 Å². The zero-order chi connectivity index (χ0) is 14.4. The van der Waals surface area contributed by atoms with Crippen LogP contribution in [0.25, 0.3) is 0 Å². The van der Waals surface area contributed by atoms with Crippen molar-refractivity contribution in [3.8, 4) is 5.75 Å². The molecule has 110 valence electrons. The molecule has 0 aliphatic carbocycles. The predicted molar refractivity (Wildman–Crippen MR) is 79.9 cm³/mol. The minimum absolute atomic E-state index is 0.0159. The van der Waals surface area contributed by atoms with Crippen LogP contribution in [0.5, 0.6) is 5.75 Å². The Bertz CT molecular complexity index is 442. The average Bonchev–Trinajstić information content (AvgIpc) is 2.97. The molecule has 1 aliphatic rings. The largest absolute Gasteiger partial charge is 0.489 e. The molecular weight excluding hydrogens is 252 g/mol. The third-order valence-corrected chi connectivity index (χ3v) is 3.63. The smallest absolute Gasteiger partial charge is 0.237 e. The first-order valence-corrected chi connectivity index (χ1v) is 7.43. The van der Waals surface area contributed by atoms with Crippen LogP contribution < -0.4 is 15.4 Å². The lowest BCUT2D eigenvalue weighted by atomic mass is 10.2. The quantitative estimate of drug-likeness (QED) is 0.836. The standard InChI is InChI=1S/C16H24N2O2/c1-3-13(20-14-7-4-6-12(2)10-14)11-18-16(19)15-8-5-9-17-15/h4,6-7,10,13,15,17H,3,5,8-9,11H2,1-2H3,(H,18,19). The van der Waals surface area contributed by atoms with E-state index < -0.39 is 0 Å². The van der Waals surface area contributed by atoms with Gasteiger partial charge in [0.05, 0.1) is 12.6 Å². The highest BCUT2D eigenvalue weighted by Gasteiger charge is 2.22. The first kappa shape index (κ1) is 14.9. The summed E-state index contributed by atoms with van der Waals surface area (Å²) in [4.78, 5) is 11.9. The molecule has 20 heavy (non-hydrogen) atoms. The molecule has 2 N–H and O–H groups in total. The fourth-order valence-corrected chi connectivity index (χ4v) is 2.40. The normalized spacial score (nSPS) is 19.6. The Labute approximate surface area is 120 Å². The minimum atomic E-state index is -0.0218. The highest BCUT2D eigenvalue weighted by molar-refractivity contribution is 5.82. The summed E-state index contributed by atoms with van der Waals surface area (Å²) < 4.78 is 5.92. The van der Waals surface area contributed by atoms with Crippen LogP contribution >= 0.6 is 0 Å². The van der Waals surface area contributed by atoms with Crippen LogP contribution in [0.2, 0.25) is 0 Å². The van der Waals surface area contributed by atoms with Crippen molar-refractivity contribution >= 4 is 5.91 Å². The highest BCUT2D eigenvalue weighted by Crippen LogP contribution is 2.15. The number of nitrogens with one attached hydrogen (secondary N) is 2. The highest BCUT2D eigenvalue weighted by atomic mass is 16.5. The molecule has 0 aromatic heterocycles. The number of hydrogen-bond acceptors (Lipinski definition) is 3. The van der Waals surface area contributed by atoms with Crippen LogP contribution in [0, 0.1) is 6.92 Å². The Morgan fingerprint density at radius 1 is 1.55 bits per heavy atom. The SMILES string of the molecule is CCC(CNC(=O)C1CCCN1)Oc1cccc(C)c1. The Morgan fingerprint density at radius 3 is 3.05 bits per heavy atom. The van der Waals surface area contributed by atoms with Crippen molar-refractivity contribution in [2.45, 2.75) is 45.3 Å². The number of ether oxygens (including phenoxy) is 1. The molecule has 1 fully saturated rings. The van der Waals surface area contributed by atoms with Gasteiger partial charge in [0.25, 0.3) is 0 Å². The van der Waals surface area contributed by atoms with E-state index in [4.69, 9.17) is 4.74 Å². The molecule has 2 rings (SSSR count). The van der Waals surface area contributed by atoms with E-state index in [1.807, 2.05) is 31.2 Å². The lowest BCUT2D eigenvalue weighted by molar-refractivity contribution is -0.123. The zero-order valence-corrected chi connectivity index (χ0v) is 12.3. The average molecular weight is 276 g/mol. The number of amides is 1. The second-order valence-corrected chi connectivity index (χ2v) is 5.36. The van der Waals surface area contributed by atoms with Gasteiger partial charge in [0.15, 0.2) is 0 Å². The summed E-state index contributed by atoms with van der Waals surface area (Å²) in [7, 11) is 0. The van der Waals surface area contributed by atoms with E-state index >= 15 is 0 Å². The second kappa shape index (κ2) is 7.29. The van der Waals surface area contributed by atoms with Crippen LogP contribution in [0.1, 0.15) is 31.7 Å². The third kappa shape index (κ3) is 4.23. The van der Waals surface area contributed by atoms with E-state index in [1.165, 1.54) is 5.56 Å². The number of aryl methyl sites for hydroxylation is 1. The molecule has 1 aromatic carbocycles. The number of rotatable bonds is 6. The van der Waals surface area contributed by atoms with Gasteiger partial charge in [0.2, 0.25) is 5.91 Å². The van der Waals surface area contributed by atoms with Gasteiger partial charge in [-0.25, -0.2) is 0 Å². The summed E-state index contributed by atoms with van der Waals surface area (Å²) in [5, 5.41) is 6.19. The van der Waals surface area contributed by atoms with Crippen LogP contribution in [0.15, 0.2) is 24.3 Å². The Hall–Kier alpha value is -1.55. The lowest BCUT2D eigenvalue weighted by Gasteiger charge is -2.19. The molecule has 1 aromatic rings. The van der Waals surface area contributed by atoms with Crippen LogP contribution in [-0.2, 0) is 4.79 Å². The van der Waals surface area contributed by atoms with Crippen LogP contribution in [-0.4, -0.2) is 31.1 Å². The molecule has 0 radical (unpaired) electrons. The van der Waals surface area contributed by atoms with Gasteiger partial charge in [-0.1, -0.05) is 19.1 Å². The molecule has 4 nitrogen and oxygen atoms in total. The predicted octanol–water partition coefficient (Wildman–Crippen LogP) is 2.02. The summed E-state index contributed by atoms with van der Waals surface area (Å²) in [5.41, 5.74) is 1.18. The van der Waals surface area contributed by atoms with E-state index in [1.54, 1.807) is 0 Å². The van der Waals surface area contributed by atoms with Crippen molar-refractivity contribution in [2.24, 2.45) is 0 Å². The number of carbonyl (C=O) groups is 1. The van der Waals surface area contributed by atoms with Crippen molar-refractivity contribution in [2.75, 3.05) is 13.1 Å². The zero-order valence-electron chi connectivity index (χ0n) is 12.3. The summed E-state index contributed by atoms with van der Waals surface area (Å²) >= 11 is 0. The molecule has 2 atom stereocenters. The maximum atomic E-state index is 11.9. The van der Waals surface area contributed by atoms with Crippen molar-refractivity contribution in [3.05, 3.63) is 29.8 Å². The fraction of sp³-hybridized carbons (Fsp3) is 0.562. The van der Waals surface area contributed by atoms with E-state index in [2.05, 4.69) is 17.6 Å². The Morgan fingerprint density at radius 2 is 2.40 bits per heavy atom. The van der Waals surface area contributed by atoms with Gasteiger partial charge in [-0.05, 0) is 50.4 Å².